The fourth-order valence-corrected chi connectivity index (χ4v) is 16.3. The summed E-state index contributed by atoms with van der Waals surface area (Å²) in [4.78, 5) is 66.0. The summed E-state index contributed by atoms with van der Waals surface area (Å²) in [5.74, 6) is -0.294. The summed E-state index contributed by atoms with van der Waals surface area (Å²) in [6, 6.07) is 15.2. The van der Waals surface area contributed by atoms with Crippen molar-refractivity contribution in [1.29, 1.82) is 10.5 Å². The van der Waals surface area contributed by atoms with E-state index in [1.807, 2.05) is 12.1 Å². The minimum Gasteiger partial charge on any atom is -0.274 e. The Balaban J connectivity index is 1.15. The van der Waals surface area contributed by atoms with Gasteiger partial charge in [0.1, 0.15) is 21.9 Å². The van der Waals surface area contributed by atoms with Crippen molar-refractivity contribution in [1.82, 2.24) is 9.80 Å². The molecule has 496 valence electrons. The first-order valence-electron chi connectivity index (χ1n) is 37.6. The molecule has 2 aliphatic rings. The lowest BCUT2D eigenvalue weighted by Gasteiger charge is -2.34. The second-order valence-corrected chi connectivity index (χ2v) is 29.6. The van der Waals surface area contributed by atoms with Gasteiger partial charge in [0.15, 0.2) is 0 Å². The molecule has 2 atom stereocenters. The molecule has 2 aromatic heterocycles. The molecule has 0 bridgehead atoms. The first-order valence-corrected chi connectivity index (χ1v) is 39.2. The predicted molar refractivity (Wildman–Crippen MR) is 382 cm³/mol. The van der Waals surface area contributed by atoms with Crippen LogP contribution in [0.25, 0.3) is 31.7 Å². The Kier molecular flexibility index (Phi) is 36.4. The molecule has 8 nitrogen and oxygen atoms in total. The van der Waals surface area contributed by atoms with Crippen molar-refractivity contribution in [3.63, 3.8) is 0 Å². The largest absolute Gasteiger partial charge is 0.274 e. The van der Waals surface area contributed by atoms with Crippen LogP contribution in [-0.4, -0.2) is 46.5 Å². The number of rotatable bonds is 54. The monoisotopic (exact) mass is 1260 g/mol. The van der Waals surface area contributed by atoms with E-state index in [4.69, 9.17) is 0 Å². The molecule has 2 aliphatic heterocycles. The number of hydrogen-bond acceptors (Lipinski definition) is 8. The van der Waals surface area contributed by atoms with Crippen molar-refractivity contribution in [2.24, 2.45) is 11.8 Å². The molecule has 0 saturated carbocycles. The Hall–Kier alpha value is -4.64. The van der Waals surface area contributed by atoms with E-state index < -0.39 is 23.6 Å². The summed E-state index contributed by atoms with van der Waals surface area (Å²) in [6.07, 6.45) is 60.9. The Morgan fingerprint density at radius 3 is 0.811 bits per heavy atom. The smallest absolute Gasteiger partial charge is 0.262 e. The van der Waals surface area contributed by atoms with Crippen LogP contribution in [0.15, 0.2) is 36.4 Å². The van der Waals surface area contributed by atoms with Gasteiger partial charge in [-0.3, -0.25) is 29.0 Å². The van der Waals surface area contributed by atoms with E-state index in [2.05, 4.69) is 39.8 Å². The molecule has 0 radical (unpaired) electrons. The van der Waals surface area contributed by atoms with E-state index in [1.54, 1.807) is 24.3 Å². The van der Waals surface area contributed by atoms with E-state index in [9.17, 15) is 10.5 Å². The van der Waals surface area contributed by atoms with Crippen LogP contribution < -0.4 is 0 Å². The van der Waals surface area contributed by atoms with Gasteiger partial charge in [-0.1, -0.05) is 323 Å². The van der Waals surface area contributed by atoms with Gasteiger partial charge in [-0.15, -0.1) is 22.7 Å². The molecular formula is C80H120N4O4S2. The van der Waals surface area contributed by atoms with Crippen molar-refractivity contribution in [3.05, 3.63) is 68.4 Å². The third kappa shape index (κ3) is 24.0. The summed E-state index contributed by atoms with van der Waals surface area (Å²) >= 11 is 2.53. The topological polar surface area (TPSA) is 122 Å². The molecule has 6 rings (SSSR count). The van der Waals surface area contributed by atoms with Crippen LogP contribution in [0, 0.1) is 34.5 Å². The average molecular weight is 1270 g/mol. The highest BCUT2D eigenvalue weighted by molar-refractivity contribution is 7.16. The van der Waals surface area contributed by atoms with Gasteiger partial charge in [-0.2, -0.15) is 10.5 Å². The molecular weight excluding hydrogens is 1150 g/mol. The molecule has 0 N–H and O–H groups in total. The van der Waals surface area contributed by atoms with Gasteiger partial charge < -0.3 is 0 Å². The first kappa shape index (κ1) is 74.4. The second-order valence-electron chi connectivity index (χ2n) is 27.4. The number of benzene rings is 2. The molecule has 0 fully saturated rings. The summed E-state index contributed by atoms with van der Waals surface area (Å²) in [7, 11) is 0. The number of imide groups is 2. The number of amides is 4. The second kappa shape index (κ2) is 44.0. The number of carbonyl (C=O) groups excluding carboxylic acids is 4. The maximum atomic E-state index is 15.3. The molecule has 2 unspecified atom stereocenters. The van der Waals surface area contributed by atoms with E-state index in [1.165, 1.54) is 302 Å². The molecule has 0 aliphatic carbocycles. The minimum absolute atomic E-state index is 0.258. The van der Waals surface area contributed by atoms with Gasteiger partial charge >= 0.3 is 0 Å². The van der Waals surface area contributed by atoms with Crippen molar-refractivity contribution in [3.8, 4) is 33.0 Å². The van der Waals surface area contributed by atoms with Crippen molar-refractivity contribution in [2.75, 3.05) is 13.1 Å². The summed E-state index contributed by atoms with van der Waals surface area (Å²) in [6.45, 7) is 9.65. The maximum Gasteiger partial charge on any atom is 0.262 e. The van der Waals surface area contributed by atoms with E-state index in [0.29, 0.717) is 88.3 Å². The highest BCUT2D eigenvalue weighted by atomic mass is 32.1. The molecule has 0 spiro atoms. The first-order chi connectivity index (χ1) is 44.2. The summed E-state index contributed by atoms with van der Waals surface area (Å²) < 4.78 is 0. The van der Waals surface area contributed by atoms with Gasteiger partial charge in [0.05, 0.1) is 11.1 Å². The summed E-state index contributed by atoms with van der Waals surface area (Å²) in [5.41, 5.74) is 2.22. The zero-order chi connectivity index (χ0) is 64.0. The third-order valence-electron chi connectivity index (χ3n) is 20.1. The van der Waals surface area contributed by atoms with Gasteiger partial charge in [-0.05, 0) is 61.1 Å². The molecule has 10 heteroatoms. The highest BCUT2D eigenvalue weighted by Crippen LogP contribution is 2.48. The normalized spacial score (nSPS) is 13.7. The van der Waals surface area contributed by atoms with Crippen LogP contribution in [0.4, 0.5) is 0 Å². The summed E-state index contributed by atoms with van der Waals surface area (Å²) in [5, 5.41) is 20.8. The lowest BCUT2D eigenvalue weighted by Crippen LogP contribution is -2.44. The van der Waals surface area contributed by atoms with Crippen LogP contribution in [0.1, 0.15) is 387 Å². The quantitative estimate of drug-likeness (QED) is 0.0321. The van der Waals surface area contributed by atoms with E-state index >= 15 is 19.2 Å². The van der Waals surface area contributed by atoms with Crippen molar-refractivity contribution < 1.29 is 19.2 Å². The minimum atomic E-state index is -0.424. The number of nitrogens with zero attached hydrogens (tertiary/aromatic N) is 4. The zero-order valence-corrected chi connectivity index (χ0v) is 58.8. The zero-order valence-electron chi connectivity index (χ0n) is 57.2. The van der Waals surface area contributed by atoms with Crippen molar-refractivity contribution in [2.45, 2.75) is 336 Å². The standard InChI is InChI=1S/C80H120N4O4S2/c1-5-9-13-17-21-25-27-31-35-41-49-63(47-39-33-29-23-19-15-11-7-3)51-43-37-45-57-83-77(85)69-59-68(72-56-54-66(62-82)90-72)76-74-70(60-67(75(73(69)74)79(83)87)71-55-53-65(61-81)89-71)78(86)84(80(76)88)58-46-38-44-52-64(48-40-34-30-24-20-16-12-8-4)50-42-36-32-28-26-22-18-14-10-6-2/h53-56,59-60,63-64H,5-52,57-58H2,1-4H3. The van der Waals surface area contributed by atoms with Gasteiger partial charge in [0, 0.05) is 55.9 Å². The number of nitriles is 2. The number of hydrogen-bond donors (Lipinski definition) is 0. The fourth-order valence-electron chi connectivity index (χ4n) is 14.6. The van der Waals surface area contributed by atoms with Crippen LogP contribution in [0.5, 0.6) is 0 Å². The maximum absolute atomic E-state index is 15.3. The van der Waals surface area contributed by atoms with Crippen LogP contribution in [0.2, 0.25) is 0 Å². The molecule has 0 saturated heterocycles. The lowest BCUT2D eigenvalue weighted by molar-refractivity contribution is 0.0586. The SMILES string of the molecule is CCCCCCCCCCCCC(CCCCCCCCCC)CCCCCN1C(=O)c2cc(-c3ccc(C#N)s3)c3c4c(cc(-c5ccc(C#N)s5)c(c24)C1=O)C(=O)N(CCCCCC(CCCCCCCCCC)CCCCCCCCCCCC)C3=O. The third-order valence-corrected chi connectivity index (χ3v) is 22.1. The predicted octanol–water partition coefficient (Wildman–Crippen LogP) is 25.3. The van der Waals surface area contributed by atoms with Gasteiger partial charge in [0.2, 0.25) is 0 Å². The molecule has 4 aromatic rings. The number of thiophene rings is 2. The Labute approximate surface area is 555 Å². The van der Waals surface area contributed by atoms with Crippen LogP contribution in [-0.2, 0) is 0 Å². The molecule has 90 heavy (non-hydrogen) atoms. The Bertz CT molecular complexity index is 2640. The lowest BCUT2D eigenvalue weighted by atomic mass is 9.80. The average Bonchev–Trinajstić information content (AvgIpc) is 0.823. The van der Waals surface area contributed by atoms with Gasteiger partial charge in [-0.25, -0.2) is 0 Å². The van der Waals surface area contributed by atoms with E-state index in [0.717, 1.165) is 25.7 Å². The van der Waals surface area contributed by atoms with E-state index in [-0.39, 0.29) is 13.1 Å². The fraction of sp³-hybridized carbons (Fsp3) is 0.700. The number of unbranched alkanes of at least 4 members (excludes halogenated alkanes) is 36. The molecule has 2 aromatic carbocycles. The molecule has 4 amide bonds. The van der Waals surface area contributed by atoms with Crippen LogP contribution in [0.3, 0.4) is 0 Å². The Morgan fingerprint density at radius 1 is 0.322 bits per heavy atom. The van der Waals surface area contributed by atoms with Gasteiger partial charge in [0.25, 0.3) is 23.6 Å². The van der Waals surface area contributed by atoms with Crippen molar-refractivity contribution >= 4 is 57.1 Å². The Morgan fingerprint density at radius 2 is 0.567 bits per heavy atom. The number of carbonyl (C=O) groups is 4. The highest BCUT2D eigenvalue weighted by Gasteiger charge is 2.43. The molecule has 4 heterocycles. The van der Waals surface area contributed by atoms with Crippen LogP contribution >= 0.6 is 22.7 Å².